The highest BCUT2D eigenvalue weighted by atomic mass is 32.1. The first kappa shape index (κ1) is 31.0. The lowest BCUT2D eigenvalue weighted by Gasteiger charge is -2.26. The number of nitrogens with zero attached hydrogens (tertiary/aromatic N) is 2. The number of thiophene rings is 1. The summed E-state index contributed by atoms with van der Waals surface area (Å²) in [7, 11) is 0. The third kappa shape index (κ3) is 5.12. The Morgan fingerprint density at radius 1 is 0.426 bits per heavy atom. The van der Waals surface area contributed by atoms with Gasteiger partial charge in [0.05, 0.1) is 15.9 Å². The van der Waals surface area contributed by atoms with Gasteiger partial charge in [0.1, 0.15) is 10.6 Å². The Hall–Kier alpha value is -6.53. The molecule has 8 aromatic carbocycles. The Bertz CT molecular complexity index is 3140. The molecule has 5 heteroatoms. The van der Waals surface area contributed by atoms with Crippen molar-refractivity contribution in [2.75, 3.05) is 4.90 Å². The number of thiazole rings is 1. The largest absolute Gasteiger partial charge is 0.454 e. The molecule has 0 spiro atoms. The van der Waals surface area contributed by atoms with E-state index in [2.05, 4.69) is 175 Å². The van der Waals surface area contributed by atoms with Gasteiger partial charge in [-0.2, -0.15) is 0 Å². The topological polar surface area (TPSA) is 29.3 Å². The number of para-hydroxylation sites is 2. The molecule has 3 aromatic heterocycles. The Balaban J connectivity index is 1.02. The Labute approximate surface area is 319 Å². The van der Waals surface area contributed by atoms with Gasteiger partial charge in [0.15, 0.2) is 5.58 Å². The summed E-state index contributed by atoms with van der Waals surface area (Å²) in [6.45, 7) is 0. The maximum absolute atomic E-state index is 6.57. The number of hydrogen-bond acceptors (Lipinski definition) is 5. The smallest absolute Gasteiger partial charge is 0.159 e. The summed E-state index contributed by atoms with van der Waals surface area (Å²) in [5, 5.41) is 5.78. The van der Waals surface area contributed by atoms with Gasteiger partial charge in [-0.05, 0) is 82.9 Å². The van der Waals surface area contributed by atoms with Crippen molar-refractivity contribution in [3.8, 4) is 32.8 Å². The van der Waals surface area contributed by atoms with E-state index in [4.69, 9.17) is 9.40 Å². The second-order valence-corrected chi connectivity index (χ2v) is 15.6. The van der Waals surface area contributed by atoms with E-state index in [0.29, 0.717) is 0 Å². The molecule has 11 aromatic rings. The van der Waals surface area contributed by atoms with E-state index >= 15 is 0 Å². The number of furan rings is 1. The summed E-state index contributed by atoms with van der Waals surface area (Å²) in [4.78, 5) is 7.50. The van der Waals surface area contributed by atoms with Crippen LogP contribution in [0.5, 0.6) is 0 Å². The van der Waals surface area contributed by atoms with Crippen molar-refractivity contribution in [3.05, 3.63) is 182 Å². The van der Waals surface area contributed by atoms with Gasteiger partial charge in [0.2, 0.25) is 0 Å². The van der Waals surface area contributed by atoms with Crippen LogP contribution in [-0.4, -0.2) is 4.98 Å². The molecule has 0 fully saturated rings. The standard InChI is InChI=1S/C49H30N2OS2/c1-3-10-31(11-4-1)32-18-23-36(24-19-32)51(41-16-9-15-39-38-14-7-8-17-42(38)52-48(39)41)37-25-20-33(21-26-37)35-22-27-43-40(30-35)46-44(53-43)28-29-45-47(46)50-49(54-45)34-12-5-2-6-13-34/h1-30H. The molecular formula is C49H30N2OS2. The lowest BCUT2D eigenvalue weighted by molar-refractivity contribution is 0.669. The molecule has 0 bridgehead atoms. The quantitative estimate of drug-likeness (QED) is 0.171. The van der Waals surface area contributed by atoms with Crippen LogP contribution in [0.1, 0.15) is 0 Å². The predicted octanol–water partition coefficient (Wildman–Crippen LogP) is 15.0. The molecule has 254 valence electrons. The fourth-order valence-corrected chi connectivity index (χ4v) is 9.78. The van der Waals surface area contributed by atoms with Crippen molar-refractivity contribution in [1.82, 2.24) is 4.98 Å². The normalized spacial score (nSPS) is 11.7. The third-order valence-electron chi connectivity index (χ3n) is 10.3. The number of hydrogen-bond donors (Lipinski definition) is 0. The monoisotopic (exact) mass is 726 g/mol. The molecule has 0 N–H and O–H groups in total. The average molecular weight is 727 g/mol. The lowest BCUT2D eigenvalue weighted by Crippen LogP contribution is -2.10. The molecule has 0 atom stereocenters. The molecule has 11 rings (SSSR count). The molecule has 54 heavy (non-hydrogen) atoms. The van der Waals surface area contributed by atoms with Crippen LogP contribution < -0.4 is 4.90 Å². The molecule has 0 saturated heterocycles. The molecule has 3 nitrogen and oxygen atoms in total. The minimum absolute atomic E-state index is 0.869. The molecule has 3 heterocycles. The molecule has 0 radical (unpaired) electrons. The number of fused-ring (bicyclic) bond motifs is 8. The summed E-state index contributed by atoms with van der Waals surface area (Å²) in [6, 6.07) is 64.8. The van der Waals surface area contributed by atoms with Crippen LogP contribution in [-0.2, 0) is 0 Å². The Morgan fingerprint density at radius 2 is 1.02 bits per heavy atom. The SMILES string of the molecule is c1ccc(-c2ccc(N(c3ccc(-c4ccc5sc6ccc7sc(-c8ccccc8)nc7c6c5c4)cc3)c3cccc4c3oc3ccccc34)cc2)cc1. The second kappa shape index (κ2) is 12.6. The van der Waals surface area contributed by atoms with E-state index in [1.807, 2.05) is 23.5 Å². The highest BCUT2D eigenvalue weighted by Gasteiger charge is 2.20. The van der Waals surface area contributed by atoms with Gasteiger partial charge in [-0.1, -0.05) is 121 Å². The van der Waals surface area contributed by atoms with E-state index in [0.717, 1.165) is 60.7 Å². The summed E-state index contributed by atoms with van der Waals surface area (Å²) in [5.74, 6) is 0. The number of rotatable bonds is 6. The zero-order valence-electron chi connectivity index (χ0n) is 28.9. The molecule has 0 unspecified atom stereocenters. The summed E-state index contributed by atoms with van der Waals surface area (Å²) >= 11 is 3.60. The van der Waals surface area contributed by atoms with Crippen LogP contribution in [0.3, 0.4) is 0 Å². The Morgan fingerprint density at radius 3 is 1.78 bits per heavy atom. The van der Waals surface area contributed by atoms with Crippen molar-refractivity contribution >= 4 is 92.1 Å². The van der Waals surface area contributed by atoms with E-state index in [-0.39, 0.29) is 0 Å². The third-order valence-corrected chi connectivity index (χ3v) is 12.5. The van der Waals surface area contributed by atoms with Crippen molar-refractivity contribution in [2.45, 2.75) is 0 Å². The first-order valence-corrected chi connectivity index (χ1v) is 19.7. The predicted molar refractivity (Wildman–Crippen MR) is 231 cm³/mol. The van der Waals surface area contributed by atoms with E-state index in [9.17, 15) is 0 Å². The summed E-state index contributed by atoms with van der Waals surface area (Å²) in [5.41, 5.74) is 11.8. The van der Waals surface area contributed by atoms with E-state index < -0.39 is 0 Å². The highest BCUT2D eigenvalue weighted by Crippen LogP contribution is 2.45. The van der Waals surface area contributed by atoms with Gasteiger partial charge in [-0.25, -0.2) is 4.98 Å². The summed E-state index contributed by atoms with van der Waals surface area (Å²) in [6.07, 6.45) is 0. The van der Waals surface area contributed by atoms with Crippen LogP contribution in [0.4, 0.5) is 17.1 Å². The number of benzene rings is 8. The molecule has 0 aliphatic heterocycles. The zero-order valence-corrected chi connectivity index (χ0v) is 30.6. The van der Waals surface area contributed by atoms with Gasteiger partial charge in [0.25, 0.3) is 0 Å². The second-order valence-electron chi connectivity index (χ2n) is 13.5. The number of anilines is 3. The highest BCUT2D eigenvalue weighted by molar-refractivity contribution is 7.26. The fraction of sp³-hybridized carbons (Fsp3) is 0. The Kier molecular flexibility index (Phi) is 7.22. The first-order valence-electron chi connectivity index (χ1n) is 18.0. The average Bonchev–Trinajstić information content (AvgIpc) is 3.96. The molecule has 0 saturated carbocycles. The van der Waals surface area contributed by atoms with Crippen molar-refractivity contribution in [1.29, 1.82) is 0 Å². The van der Waals surface area contributed by atoms with Crippen LogP contribution >= 0.6 is 22.7 Å². The van der Waals surface area contributed by atoms with Crippen LogP contribution in [0, 0.1) is 0 Å². The van der Waals surface area contributed by atoms with Crippen molar-refractivity contribution in [2.24, 2.45) is 0 Å². The van der Waals surface area contributed by atoms with Gasteiger partial charge in [-0.15, -0.1) is 22.7 Å². The van der Waals surface area contributed by atoms with Gasteiger partial charge in [-0.3, -0.25) is 0 Å². The van der Waals surface area contributed by atoms with E-state index in [1.165, 1.54) is 41.6 Å². The van der Waals surface area contributed by atoms with Crippen LogP contribution in [0.25, 0.3) is 85.2 Å². The van der Waals surface area contributed by atoms with E-state index in [1.54, 1.807) is 11.3 Å². The van der Waals surface area contributed by atoms with Gasteiger partial charge >= 0.3 is 0 Å². The maximum Gasteiger partial charge on any atom is 0.159 e. The molecule has 0 aliphatic carbocycles. The summed E-state index contributed by atoms with van der Waals surface area (Å²) < 4.78 is 10.3. The van der Waals surface area contributed by atoms with Crippen LogP contribution in [0.15, 0.2) is 186 Å². The van der Waals surface area contributed by atoms with Gasteiger partial charge in [0, 0.05) is 47.9 Å². The van der Waals surface area contributed by atoms with Crippen molar-refractivity contribution < 1.29 is 4.42 Å². The molecule has 0 amide bonds. The fourth-order valence-electron chi connectivity index (χ4n) is 7.71. The molecule has 0 aliphatic rings. The lowest BCUT2D eigenvalue weighted by atomic mass is 10.0. The van der Waals surface area contributed by atoms with Crippen LogP contribution in [0.2, 0.25) is 0 Å². The number of aromatic nitrogens is 1. The minimum atomic E-state index is 0.869. The maximum atomic E-state index is 6.57. The van der Waals surface area contributed by atoms with Gasteiger partial charge < -0.3 is 9.32 Å². The zero-order chi connectivity index (χ0) is 35.6. The first-order chi connectivity index (χ1) is 26.7. The molecular weight excluding hydrogens is 697 g/mol. The minimum Gasteiger partial charge on any atom is -0.454 e. The van der Waals surface area contributed by atoms with Crippen molar-refractivity contribution in [3.63, 3.8) is 0 Å².